The van der Waals surface area contributed by atoms with Crippen molar-refractivity contribution >= 4 is 0 Å². The molecule has 0 spiro atoms. The smallest absolute Gasteiger partial charge is 0.159 e. The van der Waals surface area contributed by atoms with E-state index in [1.54, 1.807) is 12.4 Å². The Balaban J connectivity index is 1.77. The van der Waals surface area contributed by atoms with Gasteiger partial charge in [0, 0.05) is 18.9 Å². The lowest BCUT2D eigenvalue weighted by atomic mass is 10.1. The van der Waals surface area contributed by atoms with Gasteiger partial charge in [0.25, 0.3) is 0 Å². The van der Waals surface area contributed by atoms with Crippen LogP contribution in [0.15, 0.2) is 42.7 Å². The molecule has 0 aliphatic heterocycles. The number of hydrogen-bond acceptors (Lipinski definition) is 3. The first-order chi connectivity index (χ1) is 9.66. The minimum Gasteiger partial charge on any atom is -0.387 e. The van der Waals surface area contributed by atoms with Crippen molar-refractivity contribution in [3.63, 3.8) is 0 Å². The number of aromatic nitrogens is 1. The van der Waals surface area contributed by atoms with Crippen molar-refractivity contribution in [2.75, 3.05) is 13.1 Å². The fourth-order valence-electron chi connectivity index (χ4n) is 1.86. The Morgan fingerprint density at radius 3 is 2.75 bits per heavy atom. The van der Waals surface area contributed by atoms with E-state index in [-0.39, 0.29) is 6.54 Å². The Kier molecular flexibility index (Phi) is 5.15. The van der Waals surface area contributed by atoms with Crippen LogP contribution < -0.4 is 5.32 Å². The van der Waals surface area contributed by atoms with Crippen molar-refractivity contribution in [3.05, 3.63) is 65.5 Å². The first-order valence-corrected chi connectivity index (χ1v) is 6.39. The summed E-state index contributed by atoms with van der Waals surface area (Å²) < 4.78 is 25.8. The van der Waals surface area contributed by atoms with E-state index < -0.39 is 17.7 Å². The van der Waals surface area contributed by atoms with Crippen molar-refractivity contribution in [1.82, 2.24) is 10.3 Å². The molecule has 2 rings (SSSR count). The predicted octanol–water partition coefficient (Wildman–Crippen LogP) is 2.23. The average molecular weight is 278 g/mol. The van der Waals surface area contributed by atoms with Gasteiger partial charge in [-0.05, 0) is 42.3 Å². The molecule has 106 valence electrons. The van der Waals surface area contributed by atoms with Crippen LogP contribution in [-0.2, 0) is 6.42 Å². The molecule has 0 amide bonds. The highest BCUT2D eigenvalue weighted by Crippen LogP contribution is 2.15. The number of rotatable bonds is 6. The van der Waals surface area contributed by atoms with Gasteiger partial charge in [0.15, 0.2) is 11.6 Å². The summed E-state index contributed by atoms with van der Waals surface area (Å²) in [6.45, 7) is 0.956. The van der Waals surface area contributed by atoms with Crippen LogP contribution in [0, 0.1) is 11.6 Å². The number of halogens is 2. The summed E-state index contributed by atoms with van der Waals surface area (Å²) in [4.78, 5) is 4.01. The van der Waals surface area contributed by atoms with Crippen LogP contribution in [0.1, 0.15) is 17.2 Å². The minimum atomic E-state index is -0.947. The standard InChI is InChI=1S/C15H16F2N2O/c16-13-4-3-12(8-14(13)17)15(20)10-19-7-5-11-2-1-6-18-9-11/h1-4,6,8-9,15,19-20H,5,7,10H2. The van der Waals surface area contributed by atoms with Gasteiger partial charge in [-0.3, -0.25) is 4.98 Å². The Morgan fingerprint density at radius 2 is 2.05 bits per heavy atom. The summed E-state index contributed by atoms with van der Waals surface area (Å²) in [6.07, 6.45) is 3.43. The summed E-state index contributed by atoms with van der Waals surface area (Å²) in [5.41, 5.74) is 1.46. The fourth-order valence-corrected chi connectivity index (χ4v) is 1.86. The van der Waals surface area contributed by atoms with Crippen LogP contribution in [0.2, 0.25) is 0 Å². The van der Waals surface area contributed by atoms with Crippen LogP contribution in [0.4, 0.5) is 8.78 Å². The zero-order chi connectivity index (χ0) is 14.4. The monoisotopic (exact) mass is 278 g/mol. The quantitative estimate of drug-likeness (QED) is 0.796. The number of hydrogen-bond donors (Lipinski definition) is 2. The first kappa shape index (κ1) is 14.6. The Hall–Kier alpha value is -1.85. The lowest BCUT2D eigenvalue weighted by molar-refractivity contribution is 0.174. The third-order valence-corrected chi connectivity index (χ3v) is 2.98. The number of aliphatic hydroxyl groups is 1. The number of aliphatic hydroxyl groups excluding tert-OH is 1. The molecule has 0 fully saturated rings. The van der Waals surface area contributed by atoms with Crippen LogP contribution >= 0.6 is 0 Å². The molecule has 2 N–H and O–H groups in total. The van der Waals surface area contributed by atoms with Crippen LogP contribution in [0.5, 0.6) is 0 Å². The zero-order valence-electron chi connectivity index (χ0n) is 10.9. The second-order valence-corrected chi connectivity index (χ2v) is 4.50. The molecule has 2 aromatic rings. The van der Waals surface area contributed by atoms with E-state index in [2.05, 4.69) is 10.3 Å². The van der Waals surface area contributed by atoms with E-state index in [0.29, 0.717) is 12.1 Å². The maximum Gasteiger partial charge on any atom is 0.159 e. The van der Waals surface area contributed by atoms with Gasteiger partial charge in [0.05, 0.1) is 6.10 Å². The SMILES string of the molecule is OC(CNCCc1cccnc1)c1ccc(F)c(F)c1. The lowest BCUT2D eigenvalue weighted by Crippen LogP contribution is -2.23. The highest BCUT2D eigenvalue weighted by atomic mass is 19.2. The number of pyridine rings is 1. The highest BCUT2D eigenvalue weighted by Gasteiger charge is 2.10. The first-order valence-electron chi connectivity index (χ1n) is 6.39. The van der Waals surface area contributed by atoms with Gasteiger partial charge in [-0.15, -0.1) is 0 Å². The molecular formula is C15H16F2N2O. The number of benzene rings is 1. The van der Waals surface area contributed by atoms with Gasteiger partial charge in [0.2, 0.25) is 0 Å². The second-order valence-electron chi connectivity index (χ2n) is 4.50. The summed E-state index contributed by atoms with van der Waals surface area (Å²) in [5.74, 6) is -1.86. The van der Waals surface area contributed by atoms with Crippen LogP contribution in [0.25, 0.3) is 0 Å². The van der Waals surface area contributed by atoms with Crippen LogP contribution in [0.3, 0.4) is 0 Å². The zero-order valence-corrected chi connectivity index (χ0v) is 10.9. The van der Waals surface area contributed by atoms with Gasteiger partial charge >= 0.3 is 0 Å². The molecule has 0 bridgehead atoms. The van der Waals surface area contributed by atoms with Crippen molar-refractivity contribution in [1.29, 1.82) is 0 Å². The summed E-state index contributed by atoms with van der Waals surface area (Å²) in [5, 5.41) is 12.9. The molecular weight excluding hydrogens is 262 g/mol. The van der Waals surface area contributed by atoms with Crippen LogP contribution in [-0.4, -0.2) is 23.2 Å². The van der Waals surface area contributed by atoms with Gasteiger partial charge in [0.1, 0.15) is 0 Å². The highest BCUT2D eigenvalue weighted by molar-refractivity contribution is 5.20. The third-order valence-electron chi connectivity index (χ3n) is 2.98. The summed E-state index contributed by atoms with van der Waals surface area (Å²) >= 11 is 0. The molecule has 0 saturated heterocycles. The summed E-state index contributed by atoms with van der Waals surface area (Å²) in [7, 11) is 0. The molecule has 3 nitrogen and oxygen atoms in total. The summed E-state index contributed by atoms with van der Waals surface area (Å²) in [6, 6.07) is 7.25. The third kappa shape index (κ3) is 4.08. The van der Waals surface area contributed by atoms with Crippen molar-refractivity contribution in [3.8, 4) is 0 Å². The number of nitrogens with one attached hydrogen (secondary N) is 1. The molecule has 1 heterocycles. The molecule has 1 unspecified atom stereocenters. The van der Waals surface area contributed by atoms with Gasteiger partial charge in [-0.25, -0.2) is 8.78 Å². The van der Waals surface area contributed by atoms with E-state index in [4.69, 9.17) is 0 Å². The van der Waals surface area contributed by atoms with E-state index in [1.807, 2.05) is 12.1 Å². The average Bonchev–Trinajstić information content (AvgIpc) is 2.47. The molecule has 1 atom stereocenters. The molecule has 5 heteroatoms. The lowest BCUT2D eigenvalue weighted by Gasteiger charge is -2.12. The molecule has 1 aromatic carbocycles. The Bertz CT molecular complexity index is 549. The molecule has 0 aliphatic carbocycles. The normalized spacial score (nSPS) is 12.3. The molecule has 20 heavy (non-hydrogen) atoms. The second kappa shape index (κ2) is 7.07. The van der Waals surface area contributed by atoms with E-state index in [0.717, 1.165) is 24.1 Å². The maximum absolute atomic E-state index is 13.0. The van der Waals surface area contributed by atoms with E-state index >= 15 is 0 Å². The van der Waals surface area contributed by atoms with Crippen molar-refractivity contribution in [2.45, 2.75) is 12.5 Å². The number of nitrogens with zero attached hydrogens (tertiary/aromatic N) is 1. The van der Waals surface area contributed by atoms with Gasteiger partial charge in [-0.1, -0.05) is 12.1 Å². The topological polar surface area (TPSA) is 45.1 Å². The van der Waals surface area contributed by atoms with Crippen molar-refractivity contribution < 1.29 is 13.9 Å². The Morgan fingerprint density at radius 1 is 1.20 bits per heavy atom. The van der Waals surface area contributed by atoms with Gasteiger partial charge < -0.3 is 10.4 Å². The molecule has 0 radical (unpaired) electrons. The Labute approximate surface area is 116 Å². The molecule has 1 aromatic heterocycles. The molecule has 0 aliphatic rings. The molecule has 0 saturated carbocycles. The minimum absolute atomic E-state index is 0.283. The van der Waals surface area contributed by atoms with E-state index in [1.165, 1.54) is 6.07 Å². The van der Waals surface area contributed by atoms with Crippen molar-refractivity contribution in [2.24, 2.45) is 0 Å². The predicted molar refractivity (Wildman–Crippen MR) is 72.1 cm³/mol. The fraction of sp³-hybridized carbons (Fsp3) is 0.267. The maximum atomic E-state index is 13.0. The van der Waals surface area contributed by atoms with E-state index in [9.17, 15) is 13.9 Å². The van der Waals surface area contributed by atoms with Gasteiger partial charge in [-0.2, -0.15) is 0 Å². The largest absolute Gasteiger partial charge is 0.387 e.